The van der Waals surface area contributed by atoms with E-state index in [0.29, 0.717) is 43.2 Å². The molecular formula is C62H69ClF8N6O12. The van der Waals surface area contributed by atoms with E-state index in [0.717, 1.165) is 87.0 Å². The third-order valence-corrected chi connectivity index (χ3v) is 15.8. The summed E-state index contributed by atoms with van der Waals surface area (Å²) in [4.78, 5) is 67.6. The third-order valence-electron chi connectivity index (χ3n) is 15.5. The summed E-state index contributed by atoms with van der Waals surface area (Å²) in [6.07, 6.45) is 1.22. The first-order valence-corrected chi connectivity index (χ1v) is 28.9. The lowest BCUT2D eigenvalue weighted by molar-refractivity contribution is -0.139. The van der Waals surface area contributed by atoms with Gasteiger partial charge in [-0.2, -0.15) is 26.3 Å². The second-order valence-corrected chi connectivity index (χ2v) is 22.2. The van der Waals surface area contributed by atoms with Gasteiger partial charge in [0.25, 0.3) is 0 Å². The van der Waals surface area contributed by atoms with Gasteiger partial charge in [-0.3, -0.25) is 9.59 Å². The molecule has 2 aliphatic rings. The highest BCUT2D eigenvalue weighted by atomic mass is 35.5. The number of carboxylic acids is 1. The molecule has 0 radical (unpaired) electrons. The van der Waals surface area contributed by atoms with E-state index in [9.17, 15) is 50.6 Å². The Morgan fingerprint density at radius 1 is 0.629 bits per heavy atom. The first kappa shape index (κ1) is 69.0. The molecule has 0 saturated heterocycles. The summed E-state index contributed by atoms with van der Waals surface area (Å²) in [5.74, 6) is -9.25. The molecule has 0 atom stereocenters. The predicted octanol–water partition coefficient (Wildman–Crippen LogP) is 13.3. The van der Waals surface area contributed by atoms with Gasteiger partial charge in [-0.15, -0.1) is 11.6 Å². The van der Waals surface area contributed by atoms with Crippen molar-refractivity contribution in [3.05, 3.63) is 124 Å². The molecule has 2 aliphatic carbocycles. The molecule has 2 saturated carbocycles. The number of benzene rings is 2. The number of methoxy groups -OCH3 is 5. The number of carbonyl (C=O) groups is 4. The quantitative estimate of drug-likeness (QED) is 0.0360. The van der Waals surface area contributed by atoms with Crippen LogP contribution >= 0.6 is 11.6 Å². The molecule has 6 aromatic rings. The minimum absolute atomic E-state index is 0.00499. The number of carboxylic acid groups (broad SMARTS) is 1. The smallest absolute Gasteiger partial charge is 0.421 e. The molecule has 0 aliphatic heterocycles. The highest BCUT2D eigenvalue weighted by molar-refractivity contribution is 6.17. The Morgan fingerprint density at radius 3 is 1.49 bits per heavy atom. The maximum Gasteiger partial charge on any atom is 0.421 e. The Kier molecular flexibility index (Phi) is 23.9. The highest BCUT2D eigenvalue weighted by Gasteiger charge is 2.41. The number of nitrogens with zero attached hydrogens (tertiary/aromatic N) is 6. The zero-order valence-corrected chi connectivity index (χ0v) is 50.6. The number of carbonyl (C=O) groups excluding carboxylic acids is 3. The van der Waals surface area contributed by atoms with Gasteiger partial charge < -0.3 is 52.6 Å². The van der Waals surface area contributed by atoms with E-state index in [1.54, 1.807) is 29.1 Å². The molecule has 18 nitrogen and oxygen atoms in total. The fourth-order valence-corrected chi connectivity index (χ4v) is 11.1. The number of ether oxygens (including phenoxy) is 7. The molecule has 0 bridgehead atoms. The van der Waals surface area contributed by atoms with Crippen LogP contribution in [0, 0.1) is 35.3 Å². The van der Waals surface area contributed by atoms with Gasteiger partial charge in [-0.25, -0.2) is 33.3 Å². The van der Waals surface area contributed by atoms with Crippen LogP contribution in [0.4, 0.5) is 46.5 Å². The van der Waals surface area contributed by atoms with Gasteiger partial charge in [0.2, 0.25) is 23.6 Å². The van der Waals surface area contributed by atoms with E-state index >= 15 is 8.78 Å². The number of amides is 2. The summed E-state index contributed by atoms with van der Waals surface area (Å²) in [6, 6.07) is 8.66. The van der Waals surface area contributed by atoms with Crippen LogP contribution in [0.15, 0.2) is 79.4 Å². The van der Waals surface area contributed by atoms with Gasteiger partial charge in [0.05, 0.1) is 74.7 Å². The molecule has 4 heterocycles. The standard InChI is InChI=1S/C34H36F4N4O6.C28H33ClF4N2O6/c1-20-6-8-23(9-7-20)32(43)42(24(18-46-2)19-47-3)28-15-27(35)29(14-25(28)33(44)45)48-31-26(34(36,37)38)13-21(16-40-31)17-41-12-10-22-5-4-11-39-30(22)41;1-16-5-7-18(8-6-16)26(36)35(19(14-38-2)15-39-3)23-11-22(30)24(10-20(23)27(37)40-4)41-25-21(28(31,32)33)9-17(12-29)13-34-25/h4-5,10-16,20,23-24H,6-9,17-19H2,1-3H3,(H,44,45);9-11,13,16,18-19H,5-8,12,14-15H2,1-4H3. The average molecular weight is 1280 g/mol. The fraction of sp³-hybridized carbons (Fsp3) is 0.468. The van der Waals surface area contributed by atoms with Crippen molar-refractivity contribution in [3.8, 4) is 23.3 Å². The van der Waals surface area contributed by atoms with Crippen molar-refractivity contribution >= 4 is 57.8 Å². The van der Waals surface area contributed by atoms with Crippen LogP contribution in [0.1, 0.15) is 108 Å². The number of hydrogen-bond acceptors (Lipinski definition) is 14. The number of hydrogen-bond donors (Lipinski definition) is 1. The van der Waals surface area contributed by atoms with Crippen LogP contribution < -0.4 is 19.3 Å². The number of anilines is 2. The number of alkyl halides is 7. The Morgan fingerprint density at radius 2 is 1.07 bits per heavy atom. The van der Waals surface area contributed by atoms with Crippen LogP contribution in [0.2, 0.25) is 0 Å². The maximum absolute atomic E-state index is 15.8. The minimum atomic E-state index is -4.95. The second kappa shape index (κ2) is 30.8. The summed E-state index contributed by atoms with van der Waals surface area (Å²) in [6.45, 7) is 4.08. The van der Waals surface area contributed by atoms with Gasteiger partial charge in [-0.05, 0) is 105 Å². The number of rotatable bonds is 23. The van der Waals surface area contributed by atoms with Crippen molar-refractivity contribution in [3.63, 3.8) is 0 Å². The minimum Gasteiger partial charge on any atom is -0.478 e. The zero-order chi connectivity index (χ0) is 64.9. The fourth-order valence-electron chi connectivity index (χ4n) is 10.9. The van der Waals surface area contributed by atoms with E-state index in [2.05, 4.69) is 28.8 Å². The summed E-state index contributed by atoms with van der Waals surface area (Å²) >= 11 is 5.65. The van der Waals surface area contributed by atoms with E-state index in [-0.39, 0.29) is 72.8 Å². The molecule has 482 valence electrons. The van der Waals surface area contributed by atoms with Crippen molar-refractivity contribution in [1.29, 1.82) is 0 Å². The topological polar surface area (TPSA) is 203 Å². The Labute approximate surface area is 513 Å². The molecular weight excluding hydrogens is 1210 g/mol. The molecule has 2 amide bonds. The first-order chi connectivity index (χ1) is 42.3. The monoisotopic (exact) mass is 1280 g/mol. The summed E-state index contributed by atoms with van der Waals surface area (Å²) < 4.78 is 154. The lowest BCUT2D eigenvalue weighted by atomic mass is 9.82. The number of aromatic carboxylic acids is 1. The second-order valence-electron chi connectivity index (χ2n) is 21.9. The number of fused-ring (bicyclic) bond motifs is 1. The summed E-state index contributed by atoms with van der Waals surface area (Å²) in [5, 5.41) is 11.0. The summed E-state index contributed by atoms with van der Waals surface area (Å²) in [7, 11) is 6.73. The molecule has 8 rings (SSSR count). The van der Waals surface area contributed by atoms with Crippen molar-refractivity contribution in [2.75, 3.05) is 71.8 Å². The Hall–Kier alpha value is -7.52. The molecule has 89 heavy (non-hydrogen) atoms. The third kappa shape index (κ3) is 17.1. The lowest BCUT2D eigenvalue weighted by Crippen LogP contribution is -2.49. The van der Waals surface area contributed by atoms with Crippen molar-refractivity contribution in [2.45, 2.75) is 102 Å². The highest BCUT2D eigenvalue weighted by Crippen LogP contribution is 2.43. The maximum atomic E-state index is 15.8. The number of halogens is 9. The summed E-state index contributed by atoms with van der Waals surface area (Å²) in [5.41, 5.74) is -3.04. The number of pyridine rings is 3. The molecule has 2 fully saturated rings. The Balaban J connectivity index is 0.000000257. The van der Waals surface area contributed by atoms with Crippen LogP contribution in [-0.4, -0.2) is 122 Å². The SMILES string of the molecule is COCC(COC)N(C(=O)C1CCC(C)CC1)c1cc(F)c(Oc2ncc(CCl)cc2C(F)(F)F)cc1C(=O)OC.COCC(COC)N(C(=O)C1CCC(C)CC1)c1cc(F)c(Oc2ncc(Cn3ccc4cccnc43)cc2C(F)(F)F)cc1C(=O)O. The van der Waals surface area contributed by atoms with Crippen molar-refractivity contribution in [1.82, 2.24) is 19.5 Å². The Bertz CT molecular complexity index is 3420. The average Bonchev–Trinajstić information content (AvgIpc) is 1.41. The van der Waals surface area contributed by atoms with Gasteiger partial charge >= 0.3 is 24.3 Å². The number of aromatic nitrogens is 4. The molecule has 4 aromatic heterocycles. The van der Waals surface area contributed by atoms with Crippen LogP contribution in [0.3, 0.4) is 0 Å². The first-order valence-electron chi connectivity index (χ1n) is 28.4. The largest absolute Gasteiger partial charge is 0.478 e. The van der Waals surface area contributed by atoms with Crippen LogP contribution in [-0.2, 0) is 58.1 Å². The number of esters is 1. The zero-order valence-electron chi connectivity index (χ0n) is 49.9. The predicted molar refractivity (Wildman–Crippen MR) is 310 cm³/mol. The van der Waals surface area contributed by atoms with E-state index in [1.807, 2.05) is 6.07 Å². The lowest BCUT2D eigenvalue weighted by Gasteiger charge is -2.36. The van der Waals surface area contributed by atoms with Crippen LogP contribution in [0.5, 0.6) is 23.3 Å². The van der Waals surface area contributed by atoms with Crippen molar-refractivity contribution < 1.29 is 92.6 Å². The molecule has 0 spiro atoms. The molecule has 0 unspecified atom stereocenters. The van der Waals surface area contributed by atoms with Gasteiger partial charge in [0.1, 0.15) is 16.8 Å². The van der Waals surface area contributed by atoms with E-state index < -0.39 is 106 Å². The van der Waals surface area contributed by atoms with Crippen LogP contribution in [0.25, 0.3) is 11.0 Å². The molecule has 27 heteroatoms. The van der Waals surface area contributed by atoms with Crippen molar-refractivity contribution in [2.24, 2.45) is 23.7 Å². The van der Waals surface area contributed by atoms with Gasteiger partial charge in [0.15, 0.2) is 23.1 Å². The van der Waals surface area contributed by atoms with Gasteiger partial charge in [-0.1, -0.05) is 13.8 Å². The molecule has 2 aromatic carbocycles. The van der Waals surface area contributed by atoms with Gasteiger partial charge in [0, 0.05) is 101 Å². The van der Waals surface area contributed by atoms with E-state index in [4.69, 9.17) is 44.8 Å². The van der Waals surface area contributed by atoms with E-state index in [1.165, 1.54) is 38.2 Å². The normalized spacial score (nSPS) is 17.1. The molecule has 1 N–H and O–H groups in total.